The number of nitrogens with zero attached hydrogens (tertiary/aromatic N) is 5. The standard InChI is InChI=1S/C17H19N5O3/c1-24-7-4-22-11-18-16-15(22)13-10-12(2-3-14(13)19-20-16)17(23)21-5-8-25-9-6-21/h2-3,10-11H,4-9H2,1H3. The highest BCUT2D eigenvalue weighted by molar-refractivity contribution is 6.05. The lowest BCUT2D eigenvalue weighted by molar-refractivity contribution is 0.0303. The molecule has 8 nitrogen and oxygen atoms in total. The summed E-state index contributed by atoms with van der Waals surface area (Å²) in [5.74, 6) is 0.0121. The molecule has 8 heteroatoms. The molecule has 1 aromatic carbocycles. The van der Waals surface area contributed by atoms with Crippen LogP contribution in [0, 0.1) is 0 Å². The van der Waals surface area contributed by atoms with Gasteiger partial charge in [0, 0.05) is 37.7 Å². The molecular formula is C17H19N5O3. The number of benzene rings is 1. The maximum atomic E-state index is 12.8. The monoisotopic (exact) mass is 341 g/mol. The second-order valence-electron chi connectivity index (χ2n) is 5.94. The van der Waals surface area contributed by atoms with Crippen LogP contribution in [-0.2, 0) is 16.0 Å². The van der Waals surface area contributed by atoms with Gasteiger partial charge in [0.25, 0.3) is 5.91 Å². The number of imidazole rings is 1. The van der Waals surface area contributed by atoms with Crippen molar-refractivity contribution in [2.24, 2.45) is 0 Å². The van der Waals surface area contributed by atoms with Gasteiger partial charge in [-0.3, -0.25) is 4.79 Å². The first kappa shape index (κ1) is 15.9. The van der Waals surface area contributed by atoms with Crippen LogP contribution in [0.1, 0.15) is 10.4 Å². The Morgan fingerprint density at radius 3 is 2.92 bits per heavy atom. The summed E-state index contributed by atoms with van der Waals surface area (Å²) < 4.78 is 12.5. The Kier molecular flexibility index (Phi) is 4.29. The molecule has 1 aliphatic heterocycles. The topological polar surface area (TPSA) is 82.4 Å². The molecule has 2 aromatic heterocycles. The van der Waals surface area contributed by atoms with Crippen molar-refractivity contribution in [2.75, 3.05) is 40.0 Å². The summed E-state index contributed by atoms with van der Waals surface area (Å²) >= 11 is 0. The summed E-state index contributed by atoms with van der Waals surface area (Å²) in [5, 5.41) is 9.25. The van der Waals surface area contributed by atoms with Crippen molar-refractivity contribution in [2.45, 2.75) is 6.54 Å². The van der Waals surface area contributed by atoms with Crippen molar-refractivity contribution in [1.82, 2.24) is 24.6 Å². The molecule has 0 bridgehead atoms. The SMILES string of the molecule is COCCn1cnc2nnc3ccc(C(=O)N4CCOCC4)cc3c21. The van der Waals surface area contributed by atoms with Crippen molar-refractivity contribution >= 4 is 28.0 Å². The Labute approximate surface area is 144 Å². The lowest BCUT2D eigenvalue weighted by Gasteiger charge is -2.26. The number of aromatic nitrogens is 4. The van der Waals surface area contributed by atoms with E-state index in [1.807, 2.05) is 21.6 Å². The quantitative estimate of drug-likeness (QED) is 0.707. The van der Waals surface area contributed by atoms with Crippen LogP contribution in [-0.4, -0.2) is 70.6 Å². The van der Waals surface area contributed by atoms with E-state index < -0.39 is 0 Å². The molecule has 25 heavy (non-hydrogen) atoms. The molecule has 0 unspecified atom stereocenters. The number of fused-ring (bicyclic) bond motifs is 3. The number of carbonyl (C=O) groups is 1. The number of ether oxygens (including phenoxy) is 2. The van der Waals surface area contributed by atoms with Crippen molar-refractivity contribution in [3.8, 4) is 0 Å². The fourth-order valence-corrected chi connectivity index (χ4v) is 3.08. The fraction of sp³-hybridized carbons (Fsp3) is 0.412. The lowest BCUT2D eigenvalue weighted by Crippen LogP contribution is -2.40. The van der Waals surface area contributed by atoms with Gasteiger partial charge in [0.2, 0.25) is 5.65 Å². The van der Waals surface area contributed by atoms with Crippen LogP contribution in [0.2, 0.25) is 0 Å². The lowest BCUT2D eigenvalue weighted by atomic mass is 10.1. The average molecular weight is 341 g/mol. The number of hydrogen-bond donors (Lipinski definition) is 0. The molecule has 3 heterocycles. The highest BCUT2D eigenvalue weighted by Gasteiger charge is 2.20. The fourth-order valence-electron chi connectivity index (χ4n) is 3.08. The molecule has 0 aliphatic carbocycles. The van der Waals surface area contributed by atoms with Gasteiger partial charge in [0.05, 0.1) is 37.2 Å². The number of amides is 1. The number of morpholine rings is 1. The zero-order valence-corrected chi connectivity index (χ0v) is 14.0. The van der Waals surface area contributed by atoms with Gasteiger partial charge in [-0.2, -0.15) is 0 Å². The number of methoxy groups -OCH3 is 1. The van der Waals surface area contributed by atoms with Gasteiger partial charge in [-0.15, -0.1) is 10.2 Å². The van der Waals surface area contributed by atoms with E-state index in [1.165, 1.54) is 0 Å². The first-order chi connectivity index (χ1) is 12.3. The number of carbonyl (C=O) groups excluding carboxylic acids is 1. The molecule has 0 N–H and O–H groups in total. The van der Waals surface area contributed by atoms with Gasteiger partial charge in [0.15, 0.2) is 0 Å². The molecule has 0 spiro atoms. The third-order valence-electron chi connectivity index (χ3n) is 4.40. The minimum Gasteiger partial charge on any atom is -0.383 e. The number of rotatable bonds is 4. The van der Waals surface area contributed by atoms with E-state index in [-0.39, 0.29) is 5.91 Å². The first-order valence-corrected chi connectivity index (χ1v) is 8.25. The van der Waals surface area contributed by atoms with E-state index in [0.717, 1.165) is 16.4 Å². The Morgan fingerprint density at radius 1 is 1.28 bits per heavy atom. The summed E-state index contributed by atoms with van der Waals surface area (Å²) in [6.45, 7) is 3.63. The highest BCUT2D eigenvalue weighted by Crippen LogP contribution is 2.23. The summed E-state index contributed by atoms with van der Waals surface area (Å²) in [7, 11) is 1.66. The summed E-state index contributed by atoms with van der Waals surface area (Å²) in [6, 6.07) is 5.52. The predicted molar refractivity (Wildman–Crippen MR) is 91.4 cm³/mol. The third kappa shape index (κ3) is 2.94. The molecule has 1 amide bonds. The van der Waals surface area contributed by atoms with Crippen LogP contribution in [0.15, 0.2) is 24.5 Å². The van der Waals surface area contributed by atoms with E-state index in [1.54, 1.807) is 19.5 Å². The van der Waals surface area contributed by atoms with E-state index in [9.17, 15) is 4.79 Å². The molecule has 0 radical (unpaired) electrons. The maximum Gasteiger partial charge on any atom is 0.254 e. The molecule has 1 aliphatic rings. The Balaban J connectivity index is 1.78. The van der Waals surface area contributed by atoms with Crippen LogP contribution >= 0.6 is 0 Å². The molecule has 1 saturated heterocycles. The molecule has 3 aromatic rings. The second kappa shape index (κ2) is 6.73. The van der Waals surface area contributed by atoms with Crippen molar-refractivity contribution in [1.29, 1.82) is 0 Å². The number of hydrogen-bond acceptors (Lipinski definition) is 6. The molecule has 130 valence electrons. The van der Waals surface area contributed by atoms with Gasteiger partial charge >= 0.3 is 0 Å². The van der Waals surface area contributed by atoms with Gasteiger partial charge < -0.3 is 18.9 Å². The van der Waals surface area contributed by atoms with Crippen LogP contribution in [0.4, 0.5) is 0 Å². The van der Waals surface area contributed by atoms with Crippen LogP contribution in [0.5, 0.6) is 0 Å². The van der Waals surface area contributed by atoms with Crippen LogP contribution in [0.25, 0.3) is 22.1 Å². The molecule has 4 rings (SSSR count). The van der Waals surface area contributed by atoms with Crippen molar-refractivity contribution in [3.63, 3.8) is 0 Å². The maximum absolute atomic E-state index is 12.8. The van der Waals surface area contributed by atoms with Gasteiger partial charge in [0.1, 0.15) is 0 Å². The Hall–Kier alpha value is -2.58. The zero-order valence-electron chi connectivity index (χ0n) is 14.0. The smallest absolute Gasteiger partial charge is 0.254 e. The van der Waals surface area contributed by atoms with Gasteiger partial charge in [-0.25, -0.2) is 4.98 Å². The summed E-state index contributed by atoms with van der Waals surface area (Å²) in [5.41, 5.74) is 2.83. The van der Waals surface area contributed by atoms with E-state index in [4.69, 9.17) is 9.47 Å². The summed E-state index contributed by atoms with van der Waals surface area (Å²) in [6.07, 6.45) is 1.73. The second-order valence-corrected chi connectivity index (χ2v) is 5.94. The van der Waals surface area contributed by atoms with Gasteiger partial charge in [-0.05, 0) is 18.2 Å². The zero-order chi connectivity index (χ0) is 17.2. The minimum atomic E-state index is 0.0121. The first-order valence-electron chi connectivity index (χ1n) is 8.25. The van der Waals surface area contributed by atoms with E-state index in [2.05, 4.69) is 15.2 Å². The summed E-state index contributed by atoms with van der Waals surface area (Å²) in [4.78, 5) is 18.9. The Bertz CT molecular complexity index is 917. The van der Waals surface area contributed by atoms with E-state index in [0.29, 0.717) is 50.7 Å². The van der Waals surface area contributed by atoms with Crippen LogP contribution in [0.3, 0.4) is 0 Å². The molecule has 0 atom stereocenters. The van der Waals surface area contributed by atoms with E-state index >= 15 is 0 Å². The van der Waals surface area contributed by atoms with Crippen LogP contribution < -0.4 is 0 Å². The molecule has 1 fully saturated rings. The molecular weight excluding hydrogens is 322 g/mol. The third-order valence-corrected chi connectivity index (χ3v) is 4.40. The average Bonchev–Trinajstić information content (AvgIpc) is 3.09. The Morgan fingerprint density at radius 2 is 2.12 bits per heavy atom. The van der Waals surface area contributed by atoms with Crippen molar-refractivity contribution < 1.29 is 14.3 Å². The minimum absolute atomic E-state index is 0.0121. The van der Waals surface area contributed by atoms with Gasteiger partial charge in [-0.1, -0.05) is 0 Å². The highest BCUT2D eigenvalue weighted by atomic mass is 16.5. The molecule has 0 saturated carbocycles. The largest absolute Gasteiger partial charge is 0.383 e. The normalized spacial score (nSPS) is 15.2. The van der Waals surface area contributed by atoms with Crippen molar-refractivity contribution in [3.05, 3.63) is 30.1 Å². The predicted octanol–water partition coefficient (Wildman–Crippen LogP) is 1.10.